The second kappa shape index (κ2) is 7.08. The fraction of sp³-hybridized carbons (Fsp3) is 0.143. The lowest BCUT2D eigenvalue weighted by molar-refractivity contribution is 0.0845. The van der Waals surface area contributed by atoms with Gasteiger partial charge in [-0.25, -0.2) is 0 Å². The fourth-order valence-electron chi connectivity index (χ4n) is 1.66. The molecular formula is C14H12F2N2O3S. The Morgan fingerprint density at radius 2 is 1.73 bits per heavy atom. The number of furan rings is 1. The SMILES string of the molecule is Cc1occc1C(=O)NNC(=O)c1ccc(SC(F)F)cc1. The average Bonchev–Trinajstić information content (AvgIpc) is 2.91. The number of halogens is 2. The molecule has 1 heterocycles. The standard InChI is InChI=1S/C14H12F2N2O3S/c1-8-11(6-7-21-8)13(20)18-17-12(19)9-2-4-10(5-3-9)22-14(15)16/h2-7,14H,1H3,(H,17,19)(H,18,20). The first-order valence-corrected chi connectivity index (χ1v) is 7.05. The minimum atomic E-state index is -2.52. The highest BCUT2D eigenvalue weighted by atomic mass is 32.2. The van der Waals surface area contributed by atoms with Gasteiger partial charge in [-0.2, -0.15) is 8.78 Å². The summed E-state index contributed by atoms with van der Waals surface area (Å²) >= 11 is 0.392. The molecule has 8 heteroatoms. The van der Waals surface area contributed by atoms with Crippen molar-refractivity contribution in [3.8, 4) is 0 Å². The summed E-state index contributed by atoms with van der Waals surface area (Å²) in [6, 6.07) is 7.10. The molecule has 0 fully saturated rings. The maximum Gasteiger partial charge on any atom is 0.288 e. The van der Waals surface area contributed by atoms with Gasteiger partial charge in [-0.05, 0) is 37.3 Å². The lowest BCUT2D eigenvalue weighted by atomic mass is 10.2. The molecule has 0 bridgehead atoms. The first-order valence-electron chi connectivity index (χ1n) is 6.17. The summed E-state index contributed by atoms with van der Waals surface area (Å²) < 4.78 is 29.4. The molecule has 5 nitrogen and oxygen atoms in total. The number of aryl methyl sites for hydroxylation is 1. The number of amides is 2. The molecule has 0 aliphatic rings. The van der Waals surface area contributed by atoms with Crippen LogP contribution in [0.25, 0.3) is 0 Å². The van der Waals surface area contributed by atoms with Crippen molar-refractivity contribution in [3.05, 3.63) is 53.5 Å². The van der Waals surface area contributed by atoms with Crippen LogP contribution in [0.3, 0.4) is 0 Å². The number of hydrazine groups is 1. The molecule has 0 unspecified atom stereocenters. The molecule has 116 valence electrons. The number of hydrogen-bond donors (Lipinski definition) is 2. The maximum absolute atomic E-state index is 12.2. The smallest absolute Gasteiger partial charge is 0.288 e. The number of rotatable bonds is 4. The highest BCUT2D eigenvalue weighted by Gasteiger charge is 2.13. The molecule has 2 N–H and O–H groups in total. The average molecular weight is 326 g/mol. The van der Waals surface area contributed by atoms with Crippen molar-refractivity contribution >= 4 is 23.6 Å². The summed E-state index contributed by atoms with van der Waals surface area (Å²) in [6.07, 6.45) is 1.37. The van der Waals surface area contributed by atoms with E-state index >= 15 is 0 Å². The quantitative estimate of drug-likeness (QED) is 0.669. The van der Waals surface area contributed by atoms with Crippen LogP contribution in [0.1, 0.15) is 26.5 Å². The van der Waals surface area contributed by atoms with Crippen LogP contribution in [-0.4, -0.2) is 17.6 Å². The second-order valence-corrected chi connectivity index (χ2v) is 5.27. The van der Waals surface area contributed by atoms with Gasteiger partial charge in [0.1, 0.15) is 5.76 Å². The lowest BCUT2D eigenvalue weighted by Gasteiger charge is -2.07. The number of hydrogen-bond acceptors (Lipinski definition) is 4. The molecule has 2 aromatic rings. The van der Waals surface area contributed by atoms with E-state index in [0.29, 0.717) is 28.0 Å². The van der Waals surface area contributed by atoms with Crippen molar-refractivity contribution in [2.45, 2.75) is 17.6 Å². The Labute approximate surface area is 129 Å². The Balaban J connectivity index is 1.92. The van der Waals surface area contributed by atoms with Crippen molar-refractivity contribution < 1.29 is 22.8 Å². The van der Waals surface area contributed by atoms with Crippen LogP contribution in [0.15, 0.2) is 45.9 Å². The van der Waals surface area contributed by atoms with Crippen molar-refractivity contribution in [2.75, 3.05) is 0 Å². The largest absolute Gasteiger partial charge is 0.469 e. The van der Waals surface area contributed by atoms with Crippen LogP contribution in [0, 0.1) is 6.92 Å². The lowest BCUT2D eigenvalue weighted by Crippen LogP contribution is -2.41. The minimum Gasteiger partial charge on any atom is -0.469 e. The second-order valence-electron chi connectivity index (χ2n) is 4.20. The highest BCUT2D eigenvalue weighted by Crippen LogP contribution is 2.25. The summed E-state index contributed by atoms with van der Waals surface area (Å²) in [7, 11) is 0. The monoisotopic (exact) mass is 326 g/mol. The highest BCUT2D eigenvalue weighted by molar-refractivity contribution is 7.99. The number of thioether (sulfide) groups is 1. The maximum atomic E-state index is 12.2. The summed E-state index contributed by atoms with van der Waals surface area (Å²) in [5.41, 5.74) is 5.03. The minimum absolute atomic E-state index is 0.239. The van der Waals surface area contributed by atoms with Crippen LogP contribution >= 0.6 is 11.8 Å². The molecule has 0 spiro atoms. The van der Waals surface area contributed by atoms with E-state index < -0.39 is 17.6 Å². The zero-order chi connectivity index (χ0) is 16.1. The van der Waals surface area contributed by atoms with E-state index in [2.05, 4.69) is 10.9 Å². The van der Waals surface area contributed by atoms with Gasteiger partial charge >= 0.3 is 0 Å². The zero-order valence-electron chi connectivity index (χ0n) is 11.4. The molecule has 2 amide bonds. The number of nitrogens with one attached hydrogen (secondary N) is 2. The van der Waals surface area contributed by atoms with Crippen LogP contribution < -0.4 is 10.9 Å². The molecule has 2 rings (SSSR count). The molecule has 22 heavy (non-hydrogen) atoms. The third-order valence-corrected chi connectivity index (χ3v) is 3.46. The molecule has 0 atom stereocenters. The summed E-state index contributed by atoms with van der Waals surface area (Å²) in [4.78, 5) is 23.9. The number of carbonyl (C=O) groups excluding carboxylic acids is 2. The predicted molar refractivity (Wildman–Crippen MR) is 76.7 cm³/mol. The molecule has 0 aliphatic carbocycles. The Kier molecular flexibility index (Phi) is 5.16. The van der Waals surface area contributed by atoms with Gasteiger partial charge in [-0.1, -0.05) is 11.8 Å². The molecule has 0 saturated heterocycles. The molecule has 0 saturated carbocycles. The summed E-state index contributed by atoms with van der Waals surface area (Å²) in [6.45, 7) is 1.62. The van der Waals surface area contributed by atoms with E-state index in [0.717, 1.165) is 0 Å². The fourth-order valence-corrected chi connectivity index (χ4v) is 2.16. The van der Waals surface area contributed by atoms with E-state index in [1.165, 1.54) is 36.6 Å². The topological polar surface area (TPSA) is 71.3 Å². The Morgan fingerprint density at radius 1 is 1.09 bits per heavy atom. The summed E-state index contributed by atoms with van der Waals surface area (Å²) in [5.74, 6) is -3.15. The van der Waals surface area contributed by atoms with Crippen LogP contribution in [0.2, 0.25) is 0 Å². The normalized spacial score (nSPS) is 10.5. The summed E-state index contributed by atoms with van der Waals surface area (Å²) in [5, 5.41) is 0. The van der Waals surface area contributed by atoms with Gasteiger partial charge < -0.3 is 4.42 Å². The van der Waals surface area contributed by atoms with E-state index in [-0.39, 0.29) is 5.56 Å². The van der Waals surface area contributed by atoms with E-state index in [9.17, 15) is 18.4 Å². The van der Waals surface area contributed by atoms with E-state index in [1.54, 1.807) is 6.92 Å². The predicted octanol–water partition coefficient (Wildman–Crippen LogP) is 2.98. The Hall–Kier alpha value is -2.35. The zero-order valence-corrected chi connectivity index (χ0v) is 12.2. The van der Waals surface area contributed by atoms with Crippen LogP contribution in [0.4, 0.5) is 8.78 Å². The third-order valence-electron chi connectivity index (χ3n) is 2.73. The van der Waals surface area contributed by atoms with Gasteiger partial charge in [-0.3, -0.25) is 20.4 Å². The van der Waals surface area contributed by atoms with Crippen molar-refractivity contribution in [3.63, 3.8) is 0 Å². The van der Waals surface area contributed by atoms with Gasteiger partial charge in [0.2, 0.25) is 0 Å². The molecule has 1 aromatic heterocycles. The molecule has 0 aliphatic heterocycles. The van der Waals surface area contributed by atoms with Crippen LogP contribution in [0.5, 0.6) is 0 Å². The van der Waals surface area contributed by atoms with E-state index in [4.69, 9.17) is 4.42 Å². The number of alkyl halides is 2. The van der Waals surface area contributed by atoms with Crippen molar-refractivity contribution in [1.82, 2.24) is 10.9 Å². The first kappa shape index (κ1) is 16.0. The molecule has 0 radical (unpaired) electrons. The van der Waals surface area contributed by atoms with Gasteiger partial charge in [-0.15, -0.1) is 0 Å². The van der Waals surface area contributed by atoms with Crippen molar-refractivity contribution in [1.29, 1.82) is 0 Å². The molecule has 1 aromatic carbocycles. The third kappa shape index (κ3) is 4.08. The van der Waals surface area contributed by atoms with E-state index in [1.807, 2.05) is 0 Å². The number of carbonyl (C=O) groups is 2. The first-order chi connectivity index (χ1) is 10.5. The Bertz CT molecular complexity index is 671. The van der Waals surface area contributed by atoms with Gasteiger partial charge in [0, 0.05) is 10.5 Å². The number of benzene rings is 1. The van der Waals surface area contributed by atoms with Gasteiger partial charge in [0.15, 0.2) is 0 Å². The Morgan fingerprint density at radius 3 is 2.27 bits per heavy atom. The van der Waals surface area contributed by atoms with Gasteiger partial charge in [0.05, 0.1) is 11.8 Å². The van der Waals surface area contributed by atoms with Gasteiger partial charge in [0.25, 0.3) is 17.6 Å². The van der Waals surface area contributed by atoms with Crippen molar-refractivity contribution in [2.24, 2.45) is 0 Å². The molecular weight excluding hydrogens is 314 g/mol. The van der Waals surface area contributed by atoms with Crippen LogP contribution in [-0.2, 0) is 0 Å².